The molecule has 2 atom stereocenters. The highest BCUT2D eigenvalue weighted by molar-refractivity contribution is 5.92. The van der Waals surface area contributed by atoms with Crippen molar-refractivity contribution in [2.45, 2.75) is 38.1 Å². The van der Waals surface area contributed by atoms with E-state index in [0.29, 0.717) is 0 Å². The third-order valence-corrected chi connectivity index (χ3v) is 3.16. The van der Waals surface area contributed by atoms with Crippen molar-refractivity contribution in [3.8, 4) is 0 Å². The van der Waals surface area contributed by atoms with Gasteiger partial charge in [0.2, 0.25) is 0 Å². The van der Waals surface area contributed by atoms with Crippen LogP contribution in [0, 0.1) is 0 Å². The second kappa shape index (κ2) is 3.32. The van der Waals surface area contributed by atoms with E-state index >= 15 is 0 Å². The first-order valence-corrected chi connectivity index (χ1v) is 5.62. The van der Waals surface area contributed by atoms with Gasteiger partial charge in [0.15, 0.2) is 6.10 Å². The molecule has 0 radical (unpaired) electrons. The molecule has 16 heavy (non-hydrogen) atoms. The van der Waals surface area contributed by atoms with Crippen molar-refractivity contribution in [2.75, 3.05) is 0 Å². The molecule has 2 unspecified atom stereocenters. The van der Waals surface area contributed by atoms with Gasteiger partial charge in [0.05, 0.1) is 11.3 Å². The molecule has 3 heteroatoms. The van der Waals surface area contributed by atoms with E-state index in [1.807, 2.05) is 18.2 Å². The zero-order valence-electron chi connectivity index (χ0n) is 9.51. The van der Waals surface area contributed by atoms with Gasteiger partial charge >= 0.3 is 0 Å². The van der Waals surface area contributed by atoms with Crippen molar-refractivity contribution in [1.82, 2.24) is 0 Å². The maximum absolute atomic E-state index is 5.56. The molecule has 0 aliphatic carbocycles. The maximum Gasteiger partial charge on any atom is 0.158 e. The van der Waals surface area contributed by atoms with Gasteiger partial charge < -0.3 is 9.57 Å². The van der Waals surface area contributed by atoms with E-state index in [9.17, 15) is 0 Å². The van der Waals surface area contributed by atoms with Crippen LogP contribution in [0.4, 0.5) is 0 Å². The molecule has 1 fully saturated rings. The van der Waals surface area contributed by atoms with Gasteiger partial charge in [-0.25, -0.2) is 0 Å². The maximum atomic E-state index is 5.56. The van der Waals surface area contributed by atoms with Gasteiger partial charge in [0, 0.05) is 6.42 Å². The van der Waals surface area contributed by atoms with Gasteiger partial charge in [-0.2, -0.15) is 0 Å². The molecule has 1 saturated heterocycles. The van der Waals surface area contributed by atoms with E-state index in [-0.39, 0.29) is 17.8 Å². The lowest BCUT2D eigenvalue weighted by molar-refractivity contribution is 0.0857. The van der Waals surface area contributed by atoms with Crippen molar-refractivity contribution in [3.05, 3.63) is 35.9 Å². The van der Waals surface area contributed by atoms with E-state index in [4.69, 9.17) is 9.57 Å². The van der Waals surface area contributed by atoms with Gasteiger partial charge in [-0.05, 0) is 19.4 Å². The van der Waals surface area contributed by atoms with Gasteiger partial charge in [-0.15, -0.1) is 0 Å². The summed E-state index contributed by atoms with van der Waals surface area (Å²) in [5.41, 5.74) is 2.17. The number of oxime groups is 1. The SMILES string of the molecule is CC1(C)OC1C1=NOC(c2ccccc2)C1. The number of nitrogens with zero attached hydrogens (tertiary/aromatic N) is 1. The van der Waals surface area contributed by atoms with Crippen LogP contribution in [-0.2, 0) is 9.57 Å². The highest BCUT2D eigenvalue weighted by Gasteiger charge is 2.53. The number of hydrogen-bond donors (Lipinski definition) is 0. The van der Waals surface area contributed by atoms with Crippen LogP contribution in [0.25, 0.3) is 0 Å². The Labute approximate surface area is 95.1 Å². The summed E-state index contributed by atoms with van der Waals surface area (Å²) in [6.07, 6.45) is 1.07. The molecule has 0 bridgehead atoms. The fourth-order valence-electron chi connectivity index (χ4n) is 2.14. The molecule has 0 amide bonds. The molecule has 3 rings (SSSR count). The average molecular weight is 217 g/mol. The summed E-state index contributed by atoms with van der Waals surface area (Å²) in [6, 6.07) is 10.2. The van der Waals surface area contributed by atoms with Crippen molar-refractivity contribution in [2.24, 2.45) is 5.16 Å². The molecule has 2 aliphatic heterocycles. The minimum atomic E-state index is -0.0478. The summed E-state index contributed by atoms with van der Waals surface area (Å²) in [5, 5.41) is 4.14. The fourth-order valence-corrected chi connectivity index (χ4v) is 2.14. The second-order valence-corrected chi connectivity index (χ2v) is 4.89. The van der Waals surface area contributed by atoms with Crippen LogP contribution in [-0.4, -0.2) is 17.4 Å². The van der Waals surface area contributed by atoms with Crippen LogP contribution < -0.4 is 0 Å². The van der Waals surface area contributed by atoms with Crippen molar-refractivity contribution in [1.29, 1.82) is 0 Å². The highest BCUT2D eigenvalue weighted by Crippen LogP contribution is 2.41. The van der Waals surface area contributed by atoms with E-state index in [1.54, 1.807) is 0 Å². The fraction of sp³-hybridized carbons (Fsp3) is 0.462. The van der Waals surface area contributed by atoms with E-state index in [2.05, 4.69) is 31.1 Å². The number of benzene rings is 1. The summed E-state index contributed by atoms with van der Waals surface area (Å²) in [4.78, 5) is 5.45. The first-order chi connectivity index (χ1) is 7.67. The zero-order valence-corrected chi connectivity index (χ0v) is 9.51. The smallest absolute Gasteiger partial charge is 0.158 e. The molecular formula is C13H15NO2. The Morgan fingerprint density at radius 2 is 1.94 bits per heavy atom. The number of rotatable bonds is 2. The Morgan fingerprint density at radius 1 is 1.25 bits per heavy atom. The molecule has 3 nitrogen and oxygen atoms in total. The molecule has 84 valence electrons. The van der Waals surface area contributed by atoms with Crippen LogP contribution in [0.2, 0.25) is 0 Å². The summed E-state index contributed by atoms with van der Waals surface area (Å²) < 4.78 is 5.56. The Hall–Kier alpha value is -1.35. The summed E-state index contributed by atoms with van der Waals surface area (Å²) in [6.45, 7) is 4.16. The monoisotopic (exact) mass is 217 g/mol. The predicted molar refractivity (Wildman–Crippen MR) is 61.3 cm³/mol. The lowest BCUT2D eigenvalue weighted by Crippen LogP contribution is -2.13. The molecule has 0 spiro atoms. The summed E-state index contributed by atoms with van der Waals surface area (Å²) in [7, 11) is 0. The Bertz CT molecular complexity index is 425. The van der Waals surface area contributed by atoms with Crippen molar-refractivity contribution in [3.63, 3.8) is 0 Å². The summed E-state index contributed by atoms with van der Waals surface area (Å²) >= 11 is 0. The third-order valence-electron chi connectivity index (χ3n) is 3.16. The van der Waals surface area contributed by atoms with Gasteiger partial charge in [0.1, 0.15) is 6.10 Å². The lowest BCUT2D eigenvalue weighted by atomic mass is 9.99. The molecule has 1 aromatic rings. The number of epoxide rings is 1. The van der Waals surface area contributed by atoms with E-state index in [1.165, 1.54) is 5.56 Å². The van der Waals surface area contributed by atoms with Gasteiger partial charge in [-0.3, -0.25) is 0 Å². The van der Waals surface area contributed by atoms with Crippen LogP contribution in [0.5, 0.6) is 0 Å². The highest BCUT2D eigenvalue weighted by atomic mass is 16.7. The van der Waals surface area contributed by atoms with Gasteiger partial charge in [0.25, 0.3) is 0 Å². The molecule has 0 saturated carbocycles. The van der Waals surface area contributed by atoms with Gasteiger partial charge in [-0.1, -0.05) is 35.5 Å². The Kier molecular flexibility index (Phi) is 2.04. The largest absolute Gasteiger partial charge is 0.387 e. The zero-order chi connectivity index (χ0) is 11.2. The normalized spacial score (nSPS) is 30.8. The van der Waals surface area contributed by atoms with Crippen LogP contribution >= 0.6 is 0 Å². The quantitative estimate of drug-likeness (QED) is 0.714. The van der Waals surface area contributed by atoms with Crippen LogP contribution in [0.3, 0.4) is 0 Å². The molecule has 0 N–H and O–H groups in total. The third kappa shape index (κ3) is 1.61. The van der Waals surface area contributed by atoms with E-state index in [0.717, 1.165) is 12.1 Å². The van der Waals surface area contributed by atoms with Crippen molar-refractivity contribution >= 4 is 5.71 Å². The Morgan fingerprint density at radius 3 is 2.56 bits per heavy atom. The topological polar surface area (TPSA) is 34.1 Å². The number of ether oxygens (including phenoxy) is 1. The molecular weight excluding hydrogens is 202 g/mol. The summed E-state index contributed by atoms with van der Waals surface area (Å²) in [5.74, 6) is 0. The van der Waals surface area contributed by atoms with E-state index < -0.39 is 0 Å². The molecule has 1 aromatic carbocycles. The first-order valence-electron chi connectivity index (χ1n) is 5.62. The molecule has 2 heterocycles. The molecule has 2 aliphatic rings. The molecule has 0 aromatic heterocycles. The average Bonchev–Trinajstić information content (AvgIpc) is 2.76. The minimum absolute atomic E-state index is 0.0478. The standard InChI is InChI=1S/C13H15NO2/c1-13(2)12(15-13)10-8-11(16-14-10)9-6-4-3-5-7-9/h3-7,11-12H,8H2,1-2H3. The lowest BCUT2D eigenvalue weighted by Gasteiger charge is -2.07. The van der Waals surface area contributed by atoms with Crippen LogP contribution in [0.15, 0.2) is 35.5 Å². The van der Waals surface area contributed by atoms with Crippen molar-refractivity contribution < 1.29 is 9.57 Å². The minimum Gasteiger partial charge on any atom is -0.387 e. The number of hydrogen-bond acceptors (Lipinski definition) is 3. The predicted octanol–water partition coefficient (Wildman–Crippen LogP) is 2.68. The Balaban J connectivity index is 1.69. The van der Waals surface area contributed by atoms with Crippen LogP contribution in [0.1, 0.15) is 31.9 Å². The first kappa shape index (κ1) is 9.85. The second-order valence-electron chi connectivity index (χ2n) is 4.89.